The van der Waals surface area contributed by atoms with Crippen LogP contribution in [0.5, 0.6) is 0 Å². The van der Waals surface area contributed by atoms with Crippen LogP contribution in [0.15, 0.2) is 60.0 Å². The highest BCUT2D eigenvalue weighted by Crippen LogP contribution is 2.24. The Labute approximate surface area is 140 Å². The summed E-state index contributed by atoms with van der Waals surface area (Å²) in [6, 6.07) is 18.2. The van der Waals surface area contributed by atoms with Crippen LogP contribution in [-0.2, 0) is 13.0 Å². The first-order valence-electron chi connectivity index (χ1n) is 7.63. The fourth-order valence-corrected chi connectivity index (χ4v) is 3.07. The van der Waals surface area contributed by atoms with E-state index in [0.29, 0.717) is 12.2 Å². The van der Waals surface area contributed by atoms with Crippen LogP contribution in [0.25, 0.3) is 10.6 Å². The van der Waals surface area contributed by atoms with Crippen LogP contribution in [0.4, 0.5) is 0 Å². The van der Waals surface area contributed by atoms with Gasteiger partial charge in [0.1, 0.15) is 10.7 Å². The molecular weight excluding hydrogens is 304 g/mol. The molecule has 3 aromatic rings. The zero-order valence-corrected chi connectivity index (χ0v) is 13.8. The summed E-state index contributed by atoms with van der Waals surface area (Å²) in [4.78, 5) is 16.7. The van der Waals surface area contributed by atoms with E-state index in [2.05, 4.69) is 41.5 Å². The van der Waals surface area contributed by atoms with Gasteiger partial charge in [0.25, 0.3) is 5.91 Å². The number of thiazole rings is 1. The van der Waals surface area contributed by atoms with Gasteiger partial charge in [0.2, 0.25) is 0 Å². The van der Waals surface area contributed by atoms with E-state index in [9.17, 15) is 4.79 Å². The van der Waals surface area contributed by atoms with Gasteiger partial charge in [-0.1, -0.05) is 61.5 Å². The molecule has 2 aromatic carbocycles. The average Bonchev–Trinajstić information content (AvgIpc) is 3.11. The van der Waals surface area contributed by atoms with E-state index in [4.69, 9.17) is 0 Å². The molecule has 0 aliphatic rings. The highest BCUT2D eigenvalue weighted by atomic mass is 32.1. The molecule has 0 saturated heterocycles. The number of carbonyl (C=O) groups excluding carboxylic acids is 1. The maximum absolute atomic E-state index is 12.2. The number of aryl methyl sites for hydroxylation is 1. The average molecular weight is 322 g/mol. The van der Waals surface area contributed by atoms with Gasteiger partial charge in [-0.3, -0.25) is 4.79 Å². The zero-order chi connectivity index (χ0) is 16.1. The molecular formula is C19H18N2OS. The van der Waals surface area contributed by atoms with Crippen LogP contribution in [0, 0.1) is 0 Å². The topological polar surface area (TPSA) is 42.0 Å². The number of nitrogens with zero attached hydrogens (tertiary/aromatic N) is 1. The van der Waals surface area contributed by atoms with E-state index >= 15 is 0 Å². The van der Waals surface area contributed by atoms with Gasteiger partial charge in [-0.25, -0.2) is 4.98 Å². The number of nitrogens with one attached hydrogen (secondary N) is 1. The first-order chi connectivity index (χ1) is 11.3. The summed E-state index contributed by atoms with van der Waals surface area (Å²) >= 11 is 1.49. The van der Waals surface area contributed by atoms with Gasteiger partial charge in [0.15, 0.2) is 0 Å². The quantitative estimate of drug-likeness (QED) is 0.761. The second-order valence-corrected chi connectivity index (χ2v) is 6.11. The minimum Gasteiger partial charge on any atom is -0.347 e. The molecule has 1 aromatic heterocycles. The fraction of sp³-hybridized carbons (Fsp3) is 0.158. The highest BCUT2D eigenvalue weighted by Gasteiger charge is 2.11. The summed E-state index contributed by atoms with van der Waals surface area (Å²) in [6.07, 6.45) is 1.02. The fourth-order valence-electron chi connectivity index (χ4n) is 2.26. The number of hydrogen-bond donors (Lipinski definition) is 1. The predicted octanol–water partition coefficient (Wildman–Crippen LogP) is 4.30. The Bertz CT molecular complexity index is 779. The van der Waals surface area contributed by atoms with Crippen molar-refractivity contribution >= 4 is 17.2 Å². The Morgan fingerprint density at radius 3 is 2.48 bits per heavy atom. The zero-order valence-electron chi connectivity index (χ0n) is 13.0. The van der Waals surface area contributed by atoms with E-state index < -0.39 is 0 Å². The van der Waals surface area contributed by atoms with Gasteiger partial charge in [0, 0.05) is 17.5 Å². The Morgan fingerprint density at radius 2 is 1.78 bits per heavy atom. The molecule has 3 rings (SSSR count). The molecule has 0 fully saturated rings. The van der Waals surface area contributed by atoms with Crippen LogP contribution in [-0.4, -0.2) is 10.9 Å². The van der Waals surface area contributed by atoms with Crippen molar-refractivity contribution in [1.29, 1.82) is 0 Å². The van der Waals surface area contributed by atoms with Gasteiger partial charge < -0.3 is 5.32 Å². The van der Waals surface area contributed by atoms with Gasteiger partial charge in [-0.2, -0.15) is 0 Å². The molecule has 1 heterocycles. The number of amides is 1. The lowest BCUT2D eigenvalue weighted by Crippen LogP contribution is -2.23. The Kier molecular flexibility index (Phi) is 4.83. The third kappa shape index (κ3) is 3.85. The molecule has 0 saturated carbocycles. The minimum atomic E-state index is -0.137. The van der Waals surface area contributed by atoms with Gasteiger partial charge in [-0.05, 0) is 17.5 Å². The van der Waals surface area contributed by atoms with Crippen LogP contribution in [0.2, 0.25) is 0 Å². The van der Waals surface area contributed by atoms with Crippen molar-refractivity contribution in [2.75, 3.05) is 0 Å². The van der Waals surface area contributed by atoms with Crippen LogP contribution >= 0.6 is 11.3 Å². The molecule has 0 atom stereocenters. The molecule has 3 nitrogen and oxygen atoms in total. The van der Waals surface area contributed by atoms with E-state index in [1.165, 1.54) is 16.9 Å². The van der Waals surface area contributed by atoms with Crippen molar-refractivity contribution in [3.8, 4) is 10.6 Å². The normalized spacial score (nSPS) is 10.5. The lowest BCUT2D eigenvalue weighted by atomic mass is 10.1. The number of aromatic nitrogens is 1. The van der Waals surface area contributed by atoms with Crippen molar-refractivity contribution in [2.45, 2.75) is 19.9 Å². The lowest BCUT2D eigenvalue weighted by molar-refractivity contribution is 0.0946. The predicted molar refractivity (Wildman–Crippen MR) is 94.5 cm³/mol. The van der Waals surface area contributed by atoms with Crippen molar-refractivity contribution in [1.82, 2.24) is 10.3 Å². The van der Waals surface area contributed by atoms with Gasteiger partial charge in [-0.15, -0.1) is 11.3 Å². The van der Waals surface area contributed by atoms with Crippen molar-refractivity contribution in [3.63, 3.8) is 0 Å². The summed E-state index contributed by atoms with van der Waals surface area (Å²) in [5, 5.41) is 5.59. The summed E-state index contributed by atoms with van der Waals surface area (Å²) in [6.45, 7) is 2.64. The van der Waals surface area contributed by atoms with Gasteiger partial charge in [0.05, 0.1) is 0 Å². The van der Waals surface area contributed by atoms with Crippen LogP contribution in [0.3, 0.4) is 0 Å². The molecule has 0 unspecified atom stereocenters. The lowest BCUT2D eigenvalue weighted by Gasteiger charge is -2.03. The smallest absolute Gasteiger partial charge is 0.271 e. The van der Waals surface area contributed by atoms with Gasteiger partial charge >= 0.3 is 0 Å². The summed E-state index contributed by atoms with van der Waals surface area (Å²) in [5.41, 5.74) is 3.90. The molecule has 0 spiro atoms. The molecule has 0 radical (unpaired) electrons. The maximum atomic E-state index is 12.2. The van der Waals surface area contributed by atoms with E-state index in [1.54, 1.807) is 0 Å². The molecule has 1 amide bonds. The highest BCUT2D eigenvalue weighted by molar-refractivity contribution is 7.13. The van der Waals surface area contributed by atoms with E-state index in [-0.39, 0.29) is 5.91 Å². The van der Waals surface area contributed by atoms with E-state index in [0.717, 1.165) is 22.6 Å². The minimum absolute atomic E-state index is 0.137. The molecule has 23 heavy (non-hydrogen) atoms. The summed E-state index contributed by atoms with van der Waals surface area (Å²) in [5.74, 6) is -0.137. The number of carbonyl (C=O) groups is 1. The SMILES string of the molecule is CCc1ccc(-c2nc(C(=O)NCc3ccccc3)cs2)cc1. The third-order valence-corrected chi connectivity index (χ3v) is 4.53. The van der Waals surface area contributed by atoms with Crippen molar-refractivity contribution in [3.05, 3.63) is 76.8 Å². The second kappa shape index (κ2) is 7.20. The Morgan fingerprint density at radius 1 is 1.04 bits per heavy atom. The standard InChI is InChI=1S/C19H18N2OS/c1-2-14-8-10-16(11-9-14)19-21-17(13-23-19)18(22)20-12-15-6-4-3-5-7-15/h3-11,13H,2,12H2,1H3,(H,20,22). The summed E-state index contributed by atoms with van der Waals surface area (Å²) in [7, 11) is 0. The Balaban J connectivity index is 1.67. The molecule has 0 aliphatic heterocycles. The monoisotopic (exact) mass is 322 g/mol. The second-order valence-electron chi connectivity index (χ2n) is 5.26. The molecule has 4 heteroatoms. The van der Waals surface area contributed by atoms with Crippen LogP contribution in [0.1, 0.15) is 28.5 Å². The maximum Gasteiger partial charge on any atom is 0.271 e. The first-order valence-corrected chi connectivity index (χ1v) is 8.51. The third-order valence-electron chi connectivity index (χ3n) is 3.64. The van der Waals surface area contributed by atoms with Crippen LogP contribution < -0.4 is 5.32 Å². The number of hydrogen-bond acceptors (Lipinski definition) is 3. The molecule has 1 N–H and O–H groups in total. The number of rotatable bonds is 5. The first kappa shape index (κ1) is 15.4. The Hall–Kier alpha value is -2.46. The summed E-state index contributed by atoms with van der Waals surface area (Å²) < 4.78 is 0. The molecule has 116 valence electrons. The van der Waals surface area contributed by atoms with Crippen molar-refractivity contribution in [2.24, 2.45) is 0 Å². The molecule has 0 aliphatic carbocycles. The number of benzene rings is 2. The largest absolute Gasteiger partial charge is 0.347 e. The molecule has 0 bridgehead atoms. The van der Waals surface area contributed by atoms with E-state index in [1.807, 2.05) is 35.7 Å². The van der Waals surface area contributed by atoms with Crippen molar-refractivity contribution < 1.29 is 4.79 Å².